The van der Waals surface area contributed by atoms with Crippen LogP contribution < -0.4 is 19.5 Å². The van der Waals surface area contributed by atoms with E-state index in [1.165, 1.54) is 5.56 Å². The van der Waals surface area contributed by atoms with Crippen LogP contribution in [0.15, 0.2) is 72.8 Å². The van der Waals surface area contributed by atoms with Crippen LogP contribution in [0.5, 0.6) is 23.0 Å². The molecule has 3 aromatic rings. The van der Waals surface area contributed by atoms with Crippen molar-refractivity contribution in [3.63, 3.8) is 0 Å². The van der Waals surface area contributed by atoms with E-state index in [9.17, 15) is 9.59 Å². The summed E-state index contributed by atoms with van der Waals surface area (Å²) in [5.41, 5.74) is 1.93. The van der Waals surface area contributed by atoms with Crippen molar-refractivity contribution in [2.24, 2.45) is 0 Å². The number of hydrogen-bond donors (Lipinski definition) is 1. The Morgan fingerprint density at radius 1 is 0.882 bits per heavy atom. The highest BCUT2D eigenvalue weighted by Crippen LogP contribution is 2.35. The maximum Gasteiger partial charge on any atom is 0.286 e. The Labute approximate surface area is 203 Å². The van der Waals surface area contributed by atoms with Crippen molar-refractivity contribution in [3.8, 4) is 23.0 Å². The molecule has 34 heavy (non-hydrogen) atoms. The van der Waals surface area contributed by atoms with Crippen molar-refractivity contribution in [1.29, 1.82) is 0 Å². The number of para-hydroxylation sites is 1. The van der Waals surface area contributed by atoms with E-state index in [0.717, 1.165) is 35.9 Å². The van der Waals surface area contributed by atoms with Crippen LogP contribution >= 0.6 is 11.8 Å². The van der Waals surface area contributed by atoms with Gasteiger partial charge in [0.1, 0.15) is 28.2 Å². The lowest BCUT2D eigenvalue weighted by atomic mass is 10.1. The average molecular weight is 478 g/mol. The molecular weight excluding hydrogens is 450 g/mol. The first kappa shape index (κ1) is 23.7. The zero-order chi connectivity index (χ0) is 23.9. The summed E-state index contributed by atoms with van der Waals surface area (Å²) >= 11 is 0.981. The van der Waals surface area contributed by atoms with Gasteiger partial charge in [0.2, 0.25) is 12.2 Å². The normalized spacial score (nSPS) is 16.1. The molecule has 176 valence electrons. The van der Waals surface area contributed by atoms with Crippen molar-refractivity contribution >= 4 is 22.9 Å². The fourth-order valence-electron chi connectivity index (χ4n) is 3.61. The van der Waals surface area contributed by atoms with Gasteiger partial charge in [0.25, 0.3) is 5.24 Å². The molecule has 7 heteroatoms. The predicted octanol–water partition coefficient (Wildman–Crippen LogP) is 6.65. The van der Waals surface area contributed by atoms with E-state index >= 15 is 0 Å². The number of nitrogens with one attached hydrogen (secondary N) is 1. The fraction of sp³-hybridized carbons (Fsp3) is 0.259. The van der Waals surface area contributed by atoms with Crippen LogP contribution in [0.25, 0.3) is 0 Å². The summed E-state index contributed by atoms with van der Waals surface area (Å²) in [7, 11) is 0. The number of hydrogen-bond acceptors (Lipinski definition) is 6. The molecule has 0 spiro atoms. The number of imide groups is 1. The van der Waals surface area contributed by atoms with Crippen molar-refractivity contribution < 1.29 is 23.8 Å². The van der Waals surface area contributed by atoms with E-state index in [2.05, 4.69) is 18.3 Å². The maximum atomic E-state index is 11.9. The molecule has 0 aromatic heterocycles. The minimum absolute atomic E-state index is 0.294. The maximum absolute atomic E-state index is 11.9. The minimum Gasteiger partial charge on any atom is -0.457 e. The van der Waals surface area contributed by atoms with Gasteiger partial charge in [-0.25, -0.2) is 0 Å². The molecule has 0 saturated carbocycles. The first-order valence-corrected chi connectivity index (χ1v) is 12.2. The van der Waals surface area contributed by atoms with E-state index in [0.29, 0.717) is 23.7 Å². The van der Waals surface area contributed by atoms with Crippen LogP contribution in [0, 0.1) is 0 Å². The third-order valence-corrected chi connectivity index (χ3v) is 6.30. The Balaban J connectivity index is 1.40. The first-order valence-electron chi connectivity index (χ1n) is 11.4. The Morgan fingerprint density at radius 2 is 1.62 bits per heavy atom. The van der Waals surface area contributed by atoms with Gasteiger partial charge in [0, 0.05) is 12.5 Å². The zero-order valence-corrected chi connectivity index (χ0v) is 20.0. The van der Waals surface area contributed by atoms with Crippen LogP contribution in [0.1, 0.15) is 43.1 Å². The quantitative estimate of drug-likeness (QED) is 0.330. The molecule has 1 aliphatic rings. The van der Waals surface area contributed by atoms with E-state index < -0.39 is 11.5 Å². The van der Waals surface area contributed by atoms with Gasteiger partial charge >= 0.3 is 0 Å². The lowest BCUT2D eigenvalue weighted by Gasteiger charge is -2.20. The Hall–Kier alpha value is -3.45. The lowest BCUT2D eigenvalue weighted by Crippen LogP contribution is -2.23. The fourth-order valence-corrected chi connectivity index (χ4v) is 4.44. The number of amides is 2. The van der Waals surface area contributed by atoms with Crippen LogP contribution in [0.2, 0.25) is 0 Å². The predicted molar refractivity (Wildman–Crippen MR) is 133 cm³/mol. The summed E-state index contributed by atoms with van der Waals surface area (Å²) < 4.78 is 18.2. The minimum atomic E-state index is -0.523. The zero-order valence-electron chi connectivity index (χ0n) is 19.2. The molecule has 2 atom stereocenters. The Morgan fingerprint density at radius 3 is 2.32 bits per heavy atom. The number of rotatable bonds is 10. The second-order valence-electron chi connectivity index (χ2n) is 7.85. The highest BCUT2D eigenvalue weighted by atomic mass is 32.2. The number of benzene rings is 3. The molecule has 1 N–H and O–H groups in total. The standard InChI is InChI=1S/C27H27NO5S/c1-3-8-18-9-5-6-12-23(18)31-21-10-7-11-22(17-21)33-24(4-2)32-20-15-13-19(14-16-20)25-26(29)28-27(30)34-25/h5-7,9-17,24-25H,3-4,8H2,1-2H3,(H,28,29,30). The number of carbonyl (C=O) groups excluding carboxylic acids is 2. The van der Waals surface area contributed by atoms with Crippen LogP contribution in [-0.2, 0) is 11.2 Å². The van der Waals surface area contributed by atoms with E-state index in [1.54, 1.807) is 24.3 Å². The molecule has 3 aromatic carbocycles. The molecule has 2 unspecified atom stereocenters. The molecule has 1 fully saturated rings. The molecule has 0 bridgehead atoms. The van der Waals surface area contributed by atoms with Crippen molar-refractivity contribution in [2.45, 2.75) is 44.6 Å². The molecule has 0 aliphatic carbocycles. The van der Waals surface area contributed by atoms with Gasteiger partial charge in [-0.05, 0) is 59.6 Å². The lowest BCUT2D eigenvalue weighted by molar-refractivity contribution is -0.119. The second-order valence-corrected chi connectivity index (χ2v) is 8.93. The summed E-state index contributed by atoms with van der Waals surface area (Å²) in [6, 6.07) is 22.7. The van der Waals surface area contributed by atoms with E-state index in [1.807, 2.05) is 49.4 Å². The topological polar surface area (TPSA) is 73.9 Å². The van der Waals surface area contributed by atoms with Gasteiger partial charge in [-0.15, -0.1) is 0 Å². The third kappa shape index (κ3) is 5.91. The summed E-state index contributed by atoms with van der Waals surface area (Å²) in [6.45, 7) is 4.13. The van der Waals surface area contributed by atoms with Gasteiger partial charge < -0.3 is 14.2 Å². The van der Waals surface area contributed by atoms with E-state index in [-0.39, 0.29) is 11.1 Å². The van der Waals surface area contributed by atoms with E-state index in [4.69, 9.17) is 14.2 Å². The largest absolute Gasteiger partial charge is 0.457 e. The van der Waals surface area contributed by atoms with Crippen LogP contribution in [0.4, 0.5) is 4.79 Å². The molecular formula is C27H27NO5S. The molecule has 2 amide bonds. The SMILES string of the molecule is CCCc1ccccc1Oc1cccc(OC(CC)Oc2ccc(C3SC(=O)NC3=O)cc2)c1. The van der Waals surface area contributed by atoms with Crippen LogP contribution in [-0.4, -0.2) is 17.4 Å². The highest BCUT2D eigenvalue weighted by molar-refractivity contribution is 8.15. The highest BCUT2D eigenvalue weighted by Gasteiger charge is 2.32. The first-order chi connectivity index (χ1) is 16.6. The Bertz CT molecular complexity index is 1150. The van der Waals surface area contributed by atoms with Gasteiger partial charge in [0.05, 0.1) is 0 Å². The summed E-state index contributed by atoms with van der Waals surface area (Å²) in [4.78, 5) is 23.3. The number of thioether (sulfide) groups is 1. The Kier molecular flexibility index (Phi) is 7.75. The third-order valence-electron chi connectivity index (χ3n) is 5.26. The smallest absolute Gasteiger partial charge is 0.286 e. The number of carbonyl (C=O) groups is 2. The van der Waals surface area contributed by atoms with Gasteiger partial charge in [-0.2, -0.15) is 0 Å². The summed E-state index contributed by atoms with van der Waals surface area (Å²) in [5, 5.41) is 1.45. The molecule has 0 radical (unpaired) electrons. The molecule has 6 nitrogen and oxygen atoms in total. The molecule has 1 saturated heterocycles. The van der Waals surface area contributed by atoms with Gasteiger partial charge in [0.15, 0.2) is 0 Å². The van der Waals surface area contributed by atoms with Gasteiger partial charge in [-0.1, -0.05) is 56.7 Å². The second kappa shape index (κ2) is 11.1. The summed E-state index contributed by atoms with van der Waals surface area (Å²) in [6.07, 6.45) is 2.13. The van der Waals surface area contributed by atoms with Gasteiger partial charge in [-0.3, -0.25) is 14.9 Å². The molecule has 4 rings (SSSR count). The summed E-state index contributed by atoms with van der Waals surface area (Å²) in [5.74, 6) is 2.51. The molecule has 1 heterocycles. The number of aryl methyl sites for hydroxylation is 1. The van der Waals surface area contributed by atoms with Crippen molar-refractivity contribution in [1.82, 2.24) is 5.32 Å². The van der Waals surface area contributed by atoms with Crippen LogP contribution in [0.3, 0.4) is 0 Å². The van der Waals surface area contributed by atoms with Crippen molar-refractivity contribution in [2.75, 3.05) is 0 Å². The number of ether oxygens (including phenoxy) is 3. The van der Waals surface area contributed by atoms with Crippen molar-refractivity contribution in [3.05, 3.63) is 83.9 Å². The molecule has 1 aliphatic heterocycles. The monoisotopic (exact) mass is 477 g/mol. The average Bonchev–Trinajstić information content (AvgIpc) is 3.18.